The van der Waals surface area contributed by atoms with Gasteiger partial charge in [0.1, 0.15) is 5.76 Å². The molecule has 14 heavy (non-hydrogen) atoms. The van der Waals surface area contributed by atoms with Crippen LogP contribution in [0.3, 0.4) is 0 Å². The molecule has 0 saturated heterocycles. The third-order valence-electron chi connectivity index (χ3n) is 2.36. The molecule has 0 radical (unpaired) electrons. The molecule has 0 aromatic rings. The molecule has 2 atom stereocenters. The van der Waals surface area contributed by atoms with Crippen LogP contribution in [0.25, 0.3) is 0 Å². The molecule has 0 fully saturated rings. The standard InChI is InChI=1S/C10H18O4/c1-4-13-10-5-9(12-3)8(6-11)7(2)14-10/h9-11H,4-6H2,1-3H3/t9-,10+/m0/s1. The maximum atomic E-state index is 9.12. The second-order valence-electron chi connectivity index (χ2n) is 3.20. The quantitative estimate of drug-likeness (QED) is 0.740. The Balaban J connectivity index is 2.70. The zero-order valence-electron chi connectivity index (χ0n) is 8.95. The molecule has 1 aliphatic rings. The van der Waals surface area contributed by atoms with Crippen LogP contribution in [0.2, 0.25) is 0 Å². The van der Waals surface area contributed by atoms with Crippen molar-refractivity contribution < 1.29 is 19.3 Å². The zero-order chi connectivity index (χ0) is 10.6. The summed E-state index contributed by atoms with van der Waals surface area (Å²) in [6, 6.07) is 0. The molecule has 0 saturated carbocycles. The van der Waals surface area contributed by atoms with E-state index in [2.05, 4.69) is 0 Å². The van der Waals surface area contributed by atoms with E-state index >= 15 is 0 Å². The van der Waals surface area contributed by atoms with Crippen LogP contribution in [0.1, 0.15) is 20.3 Å². The number of aliphatic hydroxyl groups excluding tert-OH is 1. The molecule has 0 amide bonds. The van der Waals surface area contributed by atoms with Crippen LogP contribution in [-0.4, -0.2) is 37.8 Å². The van der Waals surface area contributed by atoms with Crippen molar-refractivity contribution in [2.75, 3.05) is 20.3 Å². The summed E-state index contributed by atoms with van der Waals surface area (Å²) in [7, 11) is 1.63. The number of ether oxygens (including phenoxy) is 3. The van der Waals surface area contributed by atoms with Crippen LogP contribution in [0.4, 0.5) is 0 Å². The monoisotopic (exact) mass is 202 g/mol. The topological polar surface area (TPSA) is 47.9 Å². The van der Waals surface area contributed by atoms with E-state index in [1.54, 1.807) is 7.11 Å². The Kier molecular flexibility index (Phi) is 4.38. The largest absolute Gasteiger partial charge is 0.469 e. The lowest BCUT2D eigenvalue weighted by Gasteiger charge is -2.31. The summed E-state index contributed by atoms with van der Waals surface area (Å²) in [5.41, 5.74) is 0.809. The minimum atomic E-state index is -0.250. The minimum Gasteiger partial charge on any atom is -0.469 e. The molecule has 1 rings (SSSR count). The number of hydrogen-bond donors (Lipinski definition) is 1. The van der Waals surface area contributed by atoms with E-state index in [1.165, 1.54) is 0 Å². The first-order chi connectivity index (χ1) is 6.72. The van der Waals surface area contributed by atoms with Crippen molar-refractivity contribution in [3.63, 3.8) is 0 Å². The predicted octanol–water partition coefficient (Wildman–Crippen LogP) is 1.05. The van der Waals surface area contributed by atoms with Gasteiger partial charge < -0.3 is 19.3 Å². The highest BCUT2D eigenvalue weighted by atomic mass is 16.7. The third kappa shape index (κ3) is 2.47. The molecular weight excluding hydrogens is 184 g/mol. The first-order valence-electron chi connectivity index (χ1n) is 4.84. The average Bonchev–Trinajstić information content (AvgIpc) is 2.17. The Bertz CT molecular complexity index is 212. The summed E-state index contributed by atoms with van der Waals surface area (Å²) in [6.07, 6.45) is 0.294. The van der Waals surface area contributed by atoms with Crippen molar-refractivity contribution in [3.05, 3.63) is 11.3 Å². The van der Waals surface area contributed by atoms with Gasteiger partial charge in [0.25, 0.3) is 0 Å². The maximum absolute atomic E-state index is 9.12. The molecule has 1 aliphatic heterocycles. The Morgan fingerprint density at radius 3 is 2.79 bits per heavy atom. The first-order valence-corrected chi connectivity index (χ1v) is 4.84. The van der Waals surface area contributed by atoms with E-state index in [4.69, 9.17) is 19.3 Å². The van der Waals surface area contributed by atoms with E-state index in [-0.39, 0.29) is 19.0 Å². The summed E-state index contributed by atoms with van der Waals surface area (Å²) in [5, 5.41) is 9.12. The second-order valence-corrected chi connectivity index (χ2v) is 3.20. The van der Waals surface area contributed by atoms with Gasteiger partial charge in [-0.25, -0.2) is 0 Å². The summed E-state index contributed by atoms with van der Waals surface area (Å²) in [4.78, 5) is 0. The lowest BCUT2D eigenvalue weighted by atomic mass is 10.0. The SMILES string of the molecule is CCO[C@H]1C[C@H](OC)C(CO)=C(C)O1. The number of allylic oxidation sites excluding steroid dienone is 1. The van der Waals surface area contributed by atoms with Crippen LogP contribution in [0.5, 0.6) is 0 Å². The number of hydrogen-bond acceptors (Lipinski definition) is 4. The van der Waals surface area contributed by atoms with Crippen LogP contribution < -0.4 is 0 Å². The van der Waals surface area contributed by atoms with Crippen molar-refractivity contribution in [1.82, 2.24) is 0 Å². The van der Waals surface area contributed by atoms with Gasteiger partial charge in [-0.15, -0.1) is 0 Å². The van der Waals surface area contributed by atoms with E-state index in [0.717, 1.165) is 5.57 Å². The van der Waals surface area contributed by atoms with E-state index < -0.39 is 0 Å². The molecule has 1 heterocycles. The lowest BCUT2D eigenvalue weighted by molar-refractivity contribution is -0.145. The normalized spacial score (nSPS) is 27.7. The lowest BCUT2D eigenvalue weighted by Crippen LogP contribution is -2.33. The molecule has 0 spiro atoms. The first kappa shape index (κ1) is 11.5. The number of rotatable bonds is 4. The molecule has 82 valence electrons. The highest BCUT2D eigenvalue weighted by Gasteiger charge is 2.28. The van der Waals surface area contributed by atoms with E-state index in [9.17, 15) is 0 Å². The molecule has 0 aromatic heterocycles. The van der Waals surface area contributed by atoms with Crippen molar-refractivity contribution in [2.24, 2.45) is 0 Å². The van der Waals surface area contributed by atoms with Gasteiger partial charge >= 0.3 is 0 Å². The predicted molar refractivity (Wildman–Crippen MR) is 51.7 cm³/mol. The Labute approximate surface area is 84.5 Å². The van der Waals surface area contributed by atoms with Crippen molar-refractivity contribution in [3.8, 4) is 0 Å². The fraction of sp³-hybridized carbons (Fsp3) is 0.800. The highest BCUT2D eigenvalue weighted by molar-refractivity contribution is 5.15. The minimum absolute atomic E-state index is 0.0246. The molecule has 0 aromatic carbocycles. The molecule has 1 N–H and O–H groups in total. The Morgan fingerprint density at radius 2 is 2.29 bits per heavy atom. The molecular formula is C10H18O4. The molecule has 0 unspecified atom stereocenters. The van der Waals surface area contributed by atoms with Crippen LogP contribution in [-0.2, 0) is 14.2 Å². The summed E-state index contributed by atoms with van der Waals surface area (Å²) >= 11 is 0. The molecule has 4 nitrogen and oxygen atoms in total. The van der Waals surface area contributed by atoms with Gasteiger partial charge in [0.05, 0.1) is 12.7 Å². The fourth-order valence-electron chi connectivity index (χ4n) is 1.60. The van der Waals surface area contributed by atoms with Gasteiger partial charge in [0.15, 0.2) is 0 Å². The molecule has 4 heteroatoms. The van der Waals surface area contributed by atoms with Gasteiger partial charge in [-0.1, -0.05) is 0 Å². The van der Waals surface area contributed by atoms with Gasteiger partial charge in [0, 0.05) is 25.7 Å². The molecule has 0 aliphatic carbocycles. The van der Waals surface area contributed by atoms with Gasteiger partial charge in [-0.2, -0.15) is 0 Å². The molecule has 0 bridgehead atoms. The van der Waals surface area contributed by atoms with Crippen LogP contribution in [0.15, 0.2) is 11.3 Å². The van der Waals surface area contributed by atoms with Crippen molar-refractivity contribution >= 4 is 0 Å². The third-order valence-corrected chi connectivity index (χ3v) is 2.36. The summed E-state index contributed by atoms with van der Waals surface area (Å²) in [6.45, 7) is 4.33. The van der Waals surface area contributed by atoms with E-state index in [1.807, 2.05) is 13.8 Å². The Hall–Kier alpha value is -0.580. The van der Waals surface area contributed by atoms with Crippen LogP contribution >= 0.6 is 0 Å². The van der Waals surface area contributed by atoms with Crippen molar-refractivity contribution in [2.45, 2.75) is 32.7 Å². The summed E-state index contributed by atoms with van der Waals surface area (Å²) < 4.78 is 16.1. The van der Waals surface area contributed by atoms with Gasteiger partial charge in [0.2, 0.25) is 6.29 Å². The smallest absolute Gasteiger partial charge is 0.202 e. The highest BCUT2D eigenvalue weighted by Crippen LogP contribution is 2.26. The number of aliphatic hydroxyl groups is 1. The van der Waals surface area contributed by atoms with Gasteiger partial charge in [-0.3, -0.25) is 0 Å². The van der Waals surface area contributed by atoms with E-state index in [0.29, 0.717) is 18.8 Å². The van der Waals surface area contributed by atoms with Crippen LogP contribution in [0, 0.1) is 0 Å². The fourth-order valence-corrected chi connectivity index (χ4v) is 1.60. The Morgan fingerprint density at radius 1 is 1.57 bits per heavy atom. The number of methoxy groups -OCH3 is 1. The average molecular weight is 202 g/mol. The second kappa shape index (κ2) is 5.34. The zero-order valence-corrected chi connectivity index (χ0v) is 8.95. The van der Waals surface area contributed by atoms with Crippen molar-refractivity contribution in [1.29, 1.82) is 0 Å². The summed E-state index contributed by atoms with van der Waals surface area (Å²) in [5.74, 6) is 0.712. The van der Waals surface area contributed by atoms with Gasteiger partial charge in [-0.05, 0) is 13.8 Å². The maximum Gasteiger partial charge on any atom is 0.202 e.